The molecule has 1 N–H and O–H groups in total. The van der Waals surface area contributed by atoms with Gasteiger partial charge in [0, 0.05) is 13.1 Å². The number of benzene rings is 1. The highest BCUT2D eigenvalue weighted by atomic mass is 79.9. The Morgan fingerprint density at radius 3 is 2.22 bits per heavy atom. The summed E-state index contributed by atoms with van der Waals surface area (Å²) in [6.07, 6.45) is 3.80. The van der Waals surface area contributed by atoms with Crippen LogP contribution >= 0.6 is 31.9 Å². The van der Waals surface area contributed by atoms with Crippen molar-refractivity contribution in [3.63, 3.8) is 0 Å². The maximum Gasteiger partial charge on any atom is 0.258 e. The van der Waals surface area contributed by atoms with Crippen LogP contribution in [0.15, 0.2) is 15.0 Å². The van der Waals surface area contributed by atoms with Crippen molar-refractivity contribution in [3.8, 4) is 11.5 Å². The van der Waals surface area contributed by atoms with Gasteiger partial charge in [0.15, 0.2) is 0 Å². The first-order valence-electron chi connectivity index (χ1n) is 7.69. The average molecular weight is 450 g/mol. The lowest BCUT2D eigenvalue weighted by atomic mass is 10.1. The smallest absolute Gasteiger partial charge is 0.258 e. The Balaban J connectivity index is 2.08. The van der Waals surface area contributed by atoms with Gasteiger partial charge in [-0.1, -0.05) is 6.42 Å². The second-order valence-corrected chi connectivity index (χ2v) is 7.15. The minimum absolute atomic E-state index is 0.197. The van der Waals surface area contributed by atoms with Crippen molar-refractivity contribution in [1.29, 1.82) is 0 Å². The number of carbonyl (C=O) groups excluding carboxylic acids is 1. The Morgan fingerprint density at radius 2 is 1.70 bits per heavy atom. The quantitative estimate of drug-likeness (QED) is 0.722. The molecule has 1 heterocycles. The normalized spacial score (nSPS) is 15.3. The Kier molecular flexibility index (Phi) is 7.17. The van der Waals surface area contributed by atoms with Gasteiger partial charge >= 0.3 is 0 Å². The first kappa shape index (κ1) is 18.5. The third-order valence-corrected chi connectivity index (χ3v) is 5.12. The van der Waals surface area contributed by atoms with E-state index in [4.69, 9.17) is 9.47 Å². The summed E-state index contributed by atoms with van der Waals surface area (Å²) < 4.78 is 12.1. The molecule has 7 heteroatoms. The molecule has 0 atom stereocenters. The number of rotatable bonds is 6. The molecule has 0 aromatic heterocycles. The van der Waals surface area contributed by atoms with E-state index in [1.807, 2.05) is 6.07 Å². The van der Waals surface area contributed by atoms with Gasteiger partial charge in [0.05, 0.1) is 23.2 Å². The number of hydrogen-bond acceptors (Lipinski definition) is 4. The van der Waals surface area contributed by atoms with Crippen LogP contribution in [0.5, 0.6) is 11.5 Å². The summed E-state index contributed by atoms with van der Waals surface area (Å²) in [4.78, 5) is 15.0. The van der Waals surface area contributed by atoms with Crippen LogP contribution in [0.2, 0.25) is 0 Å². The highest BCUT2D eigenvalue weighted by Crippen LogP contribution is 2.41. The number of hydrogen-bond donors (Lipinski definition) is 1. The summed E-state index contributed by atoms with van der Waals surface area (Å²) in [7, 11) is 3.08. The number of ether oxygens (including phenoxy) is 2. The van der Waals surface area contributed by atoms with E-state index in [9.17, 15) is 4.79 Å². The van der Waals surface area contributed by atoms with Crippen molar-refractivity contribution in [1.82, 2.24) is 10.2 Å². The standard InChI is InChI=1S/C16H22Br2N2O3/c1-22-14-11(17)10-12(18)15(23-2)13(14)16(21)19-6-9-20-7-4-3-5-8-20/h10H,3-9H2,1-2H3,(H,19,21). The number of piperidine rings is 1. The second kappa shape index (κ2) is 8.89. The molecule has 1 amide bonds. The molecule has 0 bridgehead atoms. The van der Waals surface area contributed by atoms with Crippen LogP contribution in [-0.4, -0.2) is 51.2 Å². The van der Waals surface area contributed by atoms with Gasteiger partial charge in [-0.3, -0.25) is 4.79 Å². The van der Waals surface area contributed by atoms with Gasteiger partial charge in [-0.25, -0.2) is 0 Å². The summed E-state index contributed by atoms with van der Waals surface area (Å²) >= 11 is 6.84. The van der Waals surface area contributed by atoms with Gasteiger partial charge in [-0.05, 0) is 63.9 Å². The van der Waals surface area contributed by atoms with Crippen molar-refractivity contribution in [2.75, 3.05) is 40.4 Å². The van der Waals surface area contributed by atoms with E-state index in [0.717, 1.165) is 19.6 Å². The Labute approximate surface area is 154 Å². The maximum atomic E-state index is 12.6. The summed E-state index contributed by atoms with van der Waals surface area (Å²) in [6.45, 7) is 3.71. The van der Waals surface area contributed by atoms with Crippen molar-refractivity contribution in [2.24, 2.45) is 0 Å². The monoisotopic (exact) mass is 448 g/mol. The summed E-state index contributed by atoms with van der Waals surface area (Å²) in [5.74, 6) is 0.749. The highest BCUT2D eigenvalue weighted by Gasteiger charge is 2.23. The van der Waals surface area contributed by atoms with E-state index in [1.54, 1.807) is 0 Å². The zero-order valence-electron chi connectivity index (χ0n) is 13.5. The average Bonchev–Trinajstić information content (AvgIpc) is 2.55. The van der Waals surface area contributed by atoms with E-state index in [-0.39, 0.29) is 5.91 Å². The van der Waals surface area contributed by atoms with Gasteiger partial charge in [0.25, 0.3) is 5.91 Å². The van der Waals surface area contributed by atoms with Crippen LogP contribution < -0.4 is 14.8 Å². The molecule has 0 spiro atoms. The van der Waals surface area contributed by atoms with Gasteiger partial charge in [-0.2, -0.15) is 0 Å². The number of likely N-dealkylation sites (tertiary alicyclic amines) is 1. The lowest BCUT2D eigenvalue weighted by Crippen LogP contribution is -2.37. The van der Waals surface area contributed by atoms with Gasteiger partial charge in [-0.15, -0.1) is 0 Å². The zero-order valence-corrected chi connectivity index (χ0v) is 16.6. The lowest BCUT2D eigenvalue weighted by molar-refractivity contribution is 0.0940. The molecular weight excluding hydrogens is 428 g/mol. The molecular formula is C16H22Br2N2O3. The SMILES string of the molecule is COc1c(Br)cc(Br)c(OC)c1C(=O)NCCN1CCCCC1. The largest absolute Gasteiger partial charge is 0.495 e. The molecule has 1 aromatic rings. The topological polar surface area (TPSA) is 50.8 Å². The van der Waals surface area contributed by atoms with E-state index in [0.29, 0.717) is 32.6 Å². The van der Waals surface area contributed by atoms with Crippen molar-refractivity contribution >= 4 is 37.8 Å². The first-order valence-corrected chi connectivity index (χ1v) is 9.27. The summed E-state index contributed by atoms with van der Waals surface area (Å²) in [5, 5.41) is 2.97. The molecule has 0 saturated carbocycles. The van der Waals surface area contributed by atoms with Gasteiger partial charge < -0.3 is 19.7 Å². The van der Waals surface area contributed by atoms with E-state index >= 15 is 0 Å². The number of carbonyl (C=O) groups is 1. The summed E-state index contributed by atoms with van der Waals surface area (Å²) in [6, 6.07) is 1.81. The van der Waals surface area contributed by atoms with Gasteiger partial charge in [0.2, 0.25) is 0 Å². The fourth-order valence-corrected chi connectivity index (χ4v) is 4.27. The first-order chi connectivity index (χ1) is 11.1. The molecule has 2 rings (SSSR count). The van der Waals surface area contributed by atoms with Crippen LogP contribution in [0.4, 0.5) is 0 Å². The van der Waals surface area contributed by atoms with E-state index < -0.39 is 0 Å². The van der Waals surface area contributed by atoms with Crippen molar-refractivity contribution < 1.29 is 14.3 Å². The number of nitrogens with one attached hydrogen (secondary N) is 1. The molecule has 1 fully saturated rings. The van der Waals surface area contributed by atoms with E-state index in [2.05, 4.69) is 42.1 Å². The second-order valence-electron chi connectivity index (χ2n) is 5.44. The van der Waals surface area contributed by atoms with Crippen LogP contribution in [0.3, 0.4) is 0 Å². The predicted molar refractivity (Wildman–Crippen MR) is 97.6 cm³/mol. The molecule has 1 aromatic carbocycles. The minimum atomic E-state index is -0.197. The third-order valence-electron chi connectivity index (χ3n) is 3.94. The molecule has 0 aliphatic carbocycles. The molecule has 128 valence electrons. The fraction of sp³-hybridized carbons (Fsp3) is 0.562. The van der Waals surface area contributed by atoms with Crippen LogP contribution in [0.1, 0.15) is 29.6 Å². The van der Waals surface area contributed by atoms with Crippen LogP contribution in [-0.2, 0) is 0 Å². The fourth-order valence-electron chi connectivity index (χ4n) is 2.79. The number of nitrogens with zero attached hydrogens (tertiary/aromatic N) is 1. The predicted octanol–water partition coefficient (Wildman–Crippen LogP) is 3.44. The molecule has 1 aliphatic rings. The number of amides is 1. The lowest BCUT2D eigenvalue weighted by Gasteiger charge is -2.26. The molecule has 0 unspecified atom stereocenters. The Morgan fingerprint density at radius 1 is 1.13 bits per heavy atom. The third kappa shape index (κ3) is 4.61. The molecule has 0 radical (unpaired) electrons. The zero-order chi connectivity index (χ0) is 16.8. The van der Waals surface area contributed by atoms with Crippen LogP contribution in [0, 0.1) is 0 Å². The number of methoxy groups -OCH3 is 2. The molecule has 1 aliphatic heterocycles. The minimum Gasteiger partial charge on any atom is -0.495 e. The maximum absolute atomic E-state index is 12.6. The number of halogens is 2. The highest BCUT2D eigenvalue weighted by molar-refractivity contribution is 9.11. The Bertz CT molecular complexity index is 532. The molecule has 5 nitrogen and oxygen atoms in total. The van der Waals surface area contributed by atoms with Gasteiger partial charge in [0.1, 0.15) is 17.1 Å². The van der Waals surface area contributed by atoms with Crippen molar-refractivity contribution in [2.45, 2.75) is 19.3 Å². The van der Waals surface area contributed by atoms with Crippen molar-refractivity contribution in [3.05, 3.63) is 20.6 Å². The Hall–Kier alpha value is -0.790. The summed E-state index contributed by atoms with van der Waals surface area (Å²) in [5.41, 5.74) is 0.398. The molecule has 1 saturated heterocycles. The molecule has 23 heavy (non-hydrogen) atoms. The van der Waals surface area contributed by atoms with E-state index in [1.165, 1.54) is 33.5 Å². The van der Waals surface area contributed by atoms with Crippen LogP contribution in [0.25, 0.3) is 0 Å².